The molecule has 3 N–H and O–H groups in total. The standard InChI is InChI=1S/C14H18F3NO/c1-13(19,10-5-3-6-10)14(16,17)11-7-2-4-9(8-18)12(11)15/h2,4,7,10,19H,3,5-6,8,18H2,1H3. The molecule has 1 aliphatic carbocycles. The molecule has 106 valence electrons. The van der Waals surface area contributed by atoms with Gasteiger partial charge in [0.1, 0.15) is 11.4 Å². The minimum Gasteiger partial charge on any atom is -0.383 e. The van der Waals surface area contributed by atoms with Crippen LogP contribution in [0.5, 0.6) is 0 Å². The van der Waals surface area contributed by atoms with Crippen molar-refractivity contribution in [2.45, 2.75) is 44.3 Å². The average Bonchev–Trinajstić information content (AvgIpc) is 2.25. The summed E-state index contributed by atoms with van der Waals surface area (Å²) in [5.74, 6) is -5.15. The Morgan fingerprint density at radius 1 is 1.37 bits per heavy atom. The molecule has 1 atom stereocenters. The van der Waals surface area contributed by atoms with Crippen molar-refractivity contribution in [2.75, 3.05) is 0 Å². The summed E-state index contributed by atoms with van der Waals surface area (Å²) in [6.07, 6.45) is 1.91. The van der Waals surface area contributed by atoms with Crippen molar-refractivity contribution >= 4 is 0 Å². The van der Waals surface area contributed by atoms with E-state index in [-0.39, 0.29) is 12.1 Å². The van der Waals surface area contributed by atoms with Crippen LogP contribution in [0.2, 0.25) is 0 Å². The molecule has 2 nitrogen and oxygen atoms in total. The first-order valence-electron chi connectivity index (χ1n) is 6.40. The van der Waals surface area contributed by atoms with Crippen LogP contribution in [0.25, 0.3) is 0 Å². The van der Waals surface area contributed by atoms with E-state index in [0.717, 1.165) is 19.4 Å². The third-order valence-corrected chi connectivity index (χ3v) is 4.17. The van der Waals surface area contributed by atoms with Gasteiger partial charge in [0.15, 0.2) is 0 Å². The highest BCUT2D eigenvalue weighted by molar-refractivity contribution is 5.31. The van der Waals surface area contributed by atoms with Crippen molar-refractivity contribution in [1.82, 2.24) is 0 Å². The van der Waals surface area contributed by atoms with Crippen LogP contribution in [0, 0.1) is 11.7 Å². The first-order valence-corrected chi connectivity index (χ1v) is 6.40. The fourth-order valence-corrected chi connectivity index (χ4v) is 2.48. The first kappa shape index (κ1) is 14.3. The largest absolute Gasteiger partial charge is 0.383 e. The van der Waals surface area contributed by atoms with E-state index in [1.807, 2.05) is 0 Å². The van der Waals surface area contributed by atoms with E-state index >= 15 is 0 Å². The van der Waals surface area contributed by atoms with Gasteiger partial charge in [-0.05, 0) is 31.7 Å². The number of nitrogens with two attached hydrogens (primary N) is 1. The van der Waals surface area contributed by atoms with Crippen molar-refractivity contribution in [3.63, 3.8) is 0 Å². The van der Waals surface area contributed by atoms with Crippen LogP contribution < -0.4 is 5.73 Å². The lowest BCUT2D eigenvalue weighted by atomic mass is 9.69. The van der Waals surface area contributed by atoms with Gasteiger partial charge < -0.3 is 10.8 Å². The summed E-state index contributed by atoms with van der Waals surface area (Å²) in [5.41, 5.74) is 2.34. The van der Waals surface area contributed by atoms with Crippen LogP contribution in [-0.2, 0) is 12.5 Å². The second-order valence-corrected chi connectivity index (χ2v) is 5.33. The number of hydrogen-bond donors (Lipinski definition) is 2. The molecule has 2 rings (SSSR count). The molecule has 19 heavy (non-hydrogen) atoms. The first-order chi connectivity index (χ1) is 8.82. The molecule has 1 aromatic carbocycles. The van der Waals surface area contributed by atoms with Crippen LogP contribution in [0.4, 0.5) is 13.2 Å². The lowest BCUT2D eigenvalue weighted by molar-refractivity contribution is -0.218. The number of benzene rings is 1. The molecule has 0 radical (unpaired) electrons. The number of alkyl halides is 2. The summed E-state index contributed by atoms with van der Waals surface area (Å²) >= 11 is 0. The van der Waals surface area contributed by atoms with E-state index in [0.29, 0.717) is 12.8 Å². The fourth-order valence-electron chi connectivity index (χ4n) is 2.48. The Labute approximate surface area is 110 Å². The monoisotopic (exact) mass is 273 g/mol. The zero-order chi connectivity index (χ0) is 14.3. The maximum Gasteiger partial charge on any atom is 0.304 e. The minimum atomic E-state index is -3.63. The van der Waals surface area contributed by atoms with Crippen LogP contribution in [-0.4, -0.2) is 10.7 Å². The second-order valence-electron chi connectivity index (χ2n) is 5.33. The van der Waals surface area contributed by atoms with Gasteiger partial charge >= 0.3 is 5.92 Å². The fraction of sp³-hybridized carbons (Fsp3) is 0.571. The van der Waals surface area contributed by atoms with Crippen LogP contribution in [0.3, 0.4) is 0 Å². The number of aliphatic hydroxyl groups is 1. The molecule has 0 spiro atoms. The van der Waals surface area contributed by atoms with Crippen LogP contribution in [0.1, 0.15) is 37.3 Å². The molecule has 1 saturated carbocycles. The number of rotatable bonds is 4. The summed E-state index contributed by atoms with van der Waals surface area (Å²) in [4.78, 5) is 0. The van der Waals surface area contributed by atoms with Gasteiger partial charge in [-0.25, -0.2) is 4.39 Å². The van der Waals surface area contributed by atoms with Crippen molar-refractivity contribution in [2.24, 2.45) is 11.7 Å². The van der Waals surface area contributed by atoms with Crippen molar-refractivity contribution in [3.8, 4) is 0 Å². The van der Waals surface area contributed by atoms with E-state index in [2.05, 4.69) is 0 Å². The van der Waals surface area contributed by atoms with Gasteiger partial charge in [-0.3, -0.25) is 0 Å². The Hall–Kier alpha value is -1.07. The smallest absolute Gasteiger partial charge is 0.304 e. The molecule has 0 heterocycles. The van der Waals surface area contributed by atoms with E-state index in [1.54, 1.807) is 0 Å². The molecular weight excluding hydrogens is 255 g/mol. The maximum atomic E-state index is 14.5. The van der Waals surface area contributed by atoms with Crippen LogP contribution in [0.15, 0.2) is 18.2 Å². The van der Waals surface area contributed by atoms with Gasteiger partial charge in [-0.2, -0.15) is 8.78 Å². The molecule has 0 bridgehead atoms. The van der Waals surface area contributed by atoms with Crippen molar-refractivity contribution < 1.29 is 18.3 Å². The molecular formula is C14H18F3NO. The molecule has 0 aromatic heterocycles. The highest BCUT2D eigenvalue weighted by Crippen LogP contribution is 2.50. The number of halogens is 3. The molecule has 0 amide bonds. The van der Waals surface area contributed by atoms with Crippen LogP contribution >= 0.6 is 0 Å². The van der Waals surface area contributed by atoms with Crippen molar-refractivity contribution in [1.29, 1.82) is 0 Å². The Balaban J connectivity index is 2.43. The predicted molar refractivity (Wildman–Crippen MR) is 66.2 cm³/mol. The Morgan fingerprint density at radius 3 is 2.47 bits per heavy atom. The van der Waals surface area contributed by atoms with E-state index in [9.17, 15) is 18.3 Å². The minimum absolute atomic E-state index is 0.0292. The van der Waals surface area contributed by atoms with Gasteiger partial charge in [0, 0.05) is 12.1 Å². The topological polar surface area (TPSA) is 46.2 Å². The molecule has 0 saturated heterocycles. The molecule has 5 heteroatoms. The highest BCUT2D eigenvalue weighted by atomic mass is 19.3. The molecule has 1 aromatic rings. The third-order valence-electron chi connectivity index (χ3n) is 4.17. The maximum absolute atomic E-state index is 14.5. The Bertz CT molecular complexity index is 470. The summed E-state index contributed by atoms with van der Waals surface area (Å²) < 4.78 is 42.9. The summed E-state index contributed by atoms with van der Waals surface area (Å²) in [6, 6.07) is 3.72. The van der Waals surface area contributed by atoms with E-state index in [4.69, 9.17) is 5.73 Å². The zero-order valence-corrected chi connectivity index (χ0v) is 10.8. The van der Waals surface area contributed by atoms with Gasteiger partial charge in [0.25, 0.3) is 0 Å². The summed E-state index contributed by atoms with van der Waals surface area (Å²) in [7, 11) is 0. The van der Waals surface area contributed by atoms with Gasteiger partial charge in [0.2, 0.25) is 0 Å². The zero-order valence-electron chi connectivity index (χ0n) is 10.8. The quantitative estimate of drug-likeness (QED) is 0.886. The molecule has 0 aliphatic heterocycles. The SMILES string of the molecule is CC(O)(C1CCC1)C(F)(F)c1cccc(CN)c1F. The molecule has 1 unspecified atom stereocenters. The highest BCUT2D eigenvalue weighted by Gasteiger charge is 2.57. The number of hydrogen-bond acceptors (Lipinski definition) is 2. The summed E-state index contributed by atoms with van der Waals surface area (Å²) in [5, 5.41) is 10.2. The normalized spacial score (nSPS) is 19.9. The van der Waals surface area contributed by atoms with Crippen molar-refractivity contribution in [3.05, 3.63) is 35.1 Å². The van der Waals surface area contributed by atoms with E-state index < -0.39 is 28.8 Å². The van der Waals surface area contributed by atoms with E-state index in [1.165, 1.54) is 12.1 Å². The third kappa shape index (κ3) is 2.15. The van der Waals surface area contributed by atoms with Gasteiger partial charge in [-0.1, -0.05) is 18.6 Å². The molecule has 1 aliphatic rings. The second kappa shape index (κ2) is 4.80. The average molecular weight is 273 g/mol. The Kier molecular flexibility index (Phi) is 3.62. The lowest BCUT2D eigenvalue weighted by Crippen LogP contribution is -2.52. The Morgan fingerprint density at radius 2 is 2.00 bits per heavy atom. The lowest BCUT2D eigenvalue weighted by Gasteiger charge is -2.43. The van der Waals surface area contributed by atoms with Gasteiger partial charge in [-0.15, -0.1) is 0 Å². The molecule has 1 fully saturated rings. The predicted octanol–water partition coefficient (Wildman–Crippen LogP) is 2.93. The van der Waals surface area contributed by atoms with Gasteiger partial charge in [0.05, 0.1) is 5.56 Å². The summed E-state index contributed by atoms with van der Waals surface area (Å²) in [6.45, 7) is 0.937.